The maximum atomic E-state index is 13.7. The number of allylic oxidation sites excluding steroid dienone is 4. The van der Waals surface area contributed by atoms with Crippen LogP contribution >= 0.6 is 11.6 Å². The van der Waals surface area contributed by atoms with Crippen molar-refractivity contribution in [2.45, 2.75) is 26.3 Å². The monoisotopic (exact) mass is 312 g/mol. The van der Waals surface area contributed by atoms with Crippen LogP contribution in [0.2, 0.25) is 5.15 Å². The maximum absolute atomic E-state index is 13.7. The fourth-order valence-electron chi connectivity index (χ4n) is 2.00. The van der Waals surface area contributed by atoms with Crippen LogP contribution in [-0.2, 0) is 11.3 Å². The highest BCUT2D eigenvalue weighted by molar-refractivity contribution is 6.32. The molecule has 0 unspecified atom stereocenters. The molecule has 0 radical (unpaired) electrons. The highest BCUT2D eigenvalue weighted by Gasteiger charge is 2.23. The van der Waals surface area contributed by atoms with Gasteiger partial charge in [0.1, 0.15) is 11.0 Å². The van der Waals surface area contributed by atoms with E-state index in [2.05, 4.69) is 5.10 Å². The molecule has 0 amide bonds. The molecule has 112 valence electrons. The molecule has 0 N–H and O–H groups in total. The zero-order chi connectivity index (χ0) is 15.4. The van der Waals surface area contributed by atoms with Crippen LogP contribution in [0, 0.1) is 0 Å². The summed E-state index contributed by atoms with van der Waals surface area (Å²) in [5, 5.41) is 3.96. The number of rotatable bonds is 5. The van der Waals surface area contributed by atoms with E-state index in [-0.39, 0.29) is 35.4 Å². The van der Waals surface area contributed by atoms with Crippen molar-refractivity contribution in [1.29, 1.82) is 0 Å². The van der Waals surface area contributed by atoms with Gasteiger partial charge in [0.2, 0.25) is 0 Å². The van der Waals surface area contributed by atoms with E-state index in [1.54, 1.807) is 13.0 Å². The lowest BCUT2D eigenvalue weighted by molar-refractivity contribution is 0.0516. The Morgan fingerprint density at radius 1 is 1.62 bits per heavy atom. The van der Waals surface area contributed by atoms with Gasteiger partial charge in [-0.05, 0) is 13.3 Å². The first-order valence-electron chi connectivity index (χ1n) is 6.51. The SMILES string of the molecule is CCOC(=O)c1nn(CC2=C(F)CCC=C2)c(Cl)c1C=O. The smallest absolute Gasteiger partial charge is 0.359 e. The van der Waals surface area contributed by atoms with Crippen molar-refractivity contribution >= 4 is 23.9 Å². The van der Waals surface area contributed by atoms with Crippen LogP contribution in [0.15, 0.2) is 23.6 Å². The van der Waals surface area contributed by atoms with Crippen LogP contribution in [-0.4, -0.2) is 28.6 Å². The fraction of sp³-hybridized carbons (Fsp3) is 0.357. The molecule has 0 fully saturated rings. The van der Waals surface area contributed by atoms with Gasteiger partial charge < -0.3 is 4.74 Å². The van der Waals surface area contributed by atoms with Crippen molar-refractivity contribution in [2.24, 2.45) is 0 Å². The average Bonchev–Trinajstić information content (AvgIpc) is 2.78. The Morgan fingerprint density at radius 2 is 2.38 bits per heavy atom. The Labute approximate surface area is 126 Å². The summed E-state index contributed by atoms with van der Waals surface area (Å²) >= 11 is 6.03. The van der Waals surface area contributed by atoms with E-state index in [0.29, 0.717) is 24.7 Å². The largest absolute Gasteiger partial charge is 0.461 e. The number of hydrogen-bond donors (Lipinski definition) is 0. The van der Waals surface area contributed by atoms with Gasteiger partial charge in [-0.25, -0.2) is 13.9 Å². The molecule has 0 aliphatic heterocycles. The minimum absolute atomic E-state index is 0.00711. The molecular weight excluding hydrogens is 299 g/mol. The van der Waals surface area contributed by atoms with Crippen molar-refractivity contribution in [1.82, 2.24) is 9.78 Å². The number of ether oxygens (including phenoxy) is 1. The Balaban J connectivity index is 2.35. The highest BCUT2D eigenvalue weighted by atomic mass is 35.5. The Morgan fingerprint density at radius 3 is 3.00 bits per heavy atom. The third-order valence-corrected chi connectivity index (χ3v) is 3.43. The average molecular weight is 313 g/mol. The highest BCUT2D eigenvalue weighted by Crippen LogP contribution is 2.25. The summed E-state index contributed by atoms with van der Waals surface area (Å²) in [7, 11) is 0. The van der Waals surface area contributed by atoms with Gasteiger partial charge in [-0.2, -0.15) is 5.10 Å². The van der Waals surface area contributed by atoms with Crippen LogP contribution in [0.25, 0.3) is 0 Å². The minimum Gasteiger partial charge on any atom is -0.461 e. The summed E-state index contributed by atoms with van der Waals surface area (Å²) in [6.45, 7) is 1.86. The molecule has 0 saturated carbocycles. The molecule has 0 spiro atoms. The maximum Gasteiger partial charge on any atom is 0.359 e. The van der Waals surface area contributed by atoms with E-state index >= 15 is 0 Å². The third kappa shape index (κ3) is 3.21. The summed E-state index contributed by atoms with van der Waals surface area (Å²) in [4.78, 5) is 22.8. The van der Waals surface area contributed by atoms with Crippen LogP contribution in [0.1, 0.15) is 40.6 Å². The second-order valence-electron chi connectivity index (χ2n) is 4.42. The molecule has 1 heterocycles. The molecular formula is C14H14ClFN2O3. The van der Waals surface area contributed by atoms with Crippen LogP contribution in [0.4, 0.5) is 4.39 Å². The van der Waals surface area contributed by atoms with Gasteiger partial charge in [0.15, 0.2) is 12.0 Å². The van der Waals surface area contributed by atoms with E-state index in [1.807, 2.05) is 6.08 Å². The summed E-state index contributed by atoms with van der Waals surface area (Å²) in [5.41, 5.74) is 0.229. The van der Waals surface area contributed by atoms with Gasteiger partial charge >= 0.3 is 5.97 Å². The van der Waals surface area contributed by atoms with Gasteiger partial charge in [0, 0.05) is 12.0 Å². The van der Waals surface area contributed by atoms with Crippen molar-refractivity contribution < 1.29 is 18.7 Å². The molecule has 2 rings (SSSR count). The van der Waals surface area contributed by atoms with Crippen LogP contribution < -0.4 is 0 Å². The molecule has 1 aliphatic rings. The van der Waals surface area contributed by atoms with Crippen molar-refractivity contribution in [3.63, 3.8) is 0 Å². The summed E-state index contributed by atoms with van der Waals surface area (Å²) in [5.74, 6) is -0.969. The first-order chi connectivity index (χ1) is 10.1. The molecule has 21 heavy (non-hydrogen) atoms. The lowest BCUT2D eigenvalue weighted by atomic mass is 10.1. The summed E-state index contributed by atoms with van der Waals surface area (Å²) < 4.78 is 19.8. The number of aromatic nitrogens is 2. The molecule has 1 aromatic rings. The van der Waals surface area contributed by atoms with Crippen molar-refractivity contribution in [3.05, 3.63) is 40.0 Å². The second-order valence-corrected chi connectivity index (χ2v) is 4.78. The molecule has 0 aromatic carbocycles. The molecule has 0 bridgehead atoms. The first kappa shape index (κ1) is 15.4. The minimum atomic E-state index is -0.728. The Kier molecular flexibility index (Phi) is 4.90. The zero-order valence-electron chi connectivity index (χ0n) is 11.4. The van der Waals surface area contributed by atoms with Gasteiger partial charge in [0.05, 0.1) is 18.7 Å². The van der Waals surface area contributed by atoms with Gasteiger partial charge in [-0.15, -0.1) is 0 Å². The molecule has 1 aromatic heterocycles. The number of hydrogen-bond acceptors (Lipinski definition) is 4. The van der Waals surface area contributed by atoms with E-state index in [4.69, 9.17) is 16.3 Å². The number of halogens is 2. The Bertz CT molecular complexity index is 634. The quantitative estimate of drug-likeness (QED) is 0.619. The zero-order valence-corrected chi connectivity index (χ0v) is 12.2. The lowest BCUT2D eigenvalue weighted by Crippen LogP contribution is -2.09. The summed E-state index contributed by atoms with van der Waals surface area (Å²) in [6, 6.07) is 0. The molecule has 5 nitrogen and oxygen atoms in total. The van der Waals surface area contributed by atoms with E-state index in [1.165, 1.54) is 4.68 Å². The fourth-order valence-corrected chi connectivity index (χ4v) is 2.23. The number of carbonyl (C=O) groups is 2. The second kappa shape index (κ2) is 6.67. The molecule has 0 saturated heterocycles. The molecule has 1 aliphatic carbocycles. The number of aldehydes is 1. The standard InChI is InChI=1S/C14H14ClFN2O3/c1-2-21-14(20)12-10(8-19)13(15)18(17-12)7-9-5-3-4-6-11(9)16/h3,5,8H,2,4,6-7H2,1H3. The number of esters is 1. The van der Waals surface area contributed by atoms with Gasteiger partial charge in [0.25, 0.3) is 0 Å². The predicted molar refractivity (Wildman–Crippen MR) is 75.1 cm³/mol. The summed E-state index contributed by atoms with van der Waals surface area (Å²) in [6.07, 6.45) is 4.93. The van der Waals surface area contributed by atoms with Crippen LogP contribution in [0.5, 0.6) is 0 Å². The van der Waals surface area contributed by atoms with Gasteiger partial charge in [-0.1, -0.05) is 23.8 Å². The number of nitrogens with zero attached hydrogens (tertiary/aromatic N) is 2. The van der Waals surface area contributed by atoms with Crippen molar-refractivity contribution in [2.75, 3.05) is 6.61 Å². The first-order valence-corrected chi connectivity index (χ1v) is 6.89. The van der Waals surface area contributed by atoms with E-state index in [0.717, 1.165) is 0 Å². The normalized spacial score (nSPS) is 14.4. The van der Waals surface area contributed by atoms with E-state index < -0.39 is 5.97 Å². The molecule has 0 atom stereocenters. The Hall–Kier alpha value is -1.95. The lowest BCUT2D eigenvalue weighted by Gasteiger charge is -2.10. The van der Waals surface area contributed by atoms with Gasteiger partial charge in [-0.3, -0.25) is 4.79 Å². The van der Waals surface area contributed by atoms with Crippen molar-refractivity contribution in [3.8, 4) is 0 Å². The molecule has 7 heteroatoms. The predicted octanol–water partition coefficient (Wildman–Crippen LogP) is 3.10. The van der Waals surface area contributed by atoms with E-state index in [9.17, 15) is 14.0 Å². The third-order valence-electron chi connectivity index (χ3n) is 3.03. The number of carbonyl (C=O) groups excluding carboxylic acids is 2. The van der Waals surface area contributed by atoms with Crippen LogP contribution in [0.3, 0.4) is 0 Å². The topological polar surface area (TPSA) is 61.2 Å².